The molecule has 0 aliphatic rings. The molecule has 0 aliphatic heterocycles. The van der Waals surface area contributed by atoms with Crippen molar-refractivity contribution in [1.82, 2.24) is 19.9 Å². The summed E-state index contributed by atoms with van der Waals surface area (Å²) in [5.74, 6) is -4.61. The van der Waals surface area contributed by atoms with Gasteiger partial charge >= 0.3 is 5.97 Å². The Hall–Kier alpha value is -3.15. The van der Waals surface area contributed by atoms with Crippen molar-refractivity contribution in [2.24, 2.45) is 5.41 Å². The quantitative estimate of drug-likeness (QED) is 0.496. The van der Waals surface area contributed by atoms with Crippen LogP contribution >= 0.6 is 0 Å². The van der Waals surface area contributed by atoms with E-state index >= 15 is 0 Å². The second-order valence-electron chi connectivity index (χ2n) is 8.15. The first-order valence-electron chi connectivity index (χ1n) is 9.20. The second kappa shape index (κ2) is 8.17. The molecule has 3 aromatic rings. The van der Waals surface area contributed by atoms with Crippen LogP contribution in [0, 0.1) is 17.0 Å². The molecular weight excluding hydrogens is 432 g/mol. The van der Waals surface area contributed by atoms with Crippen LogP contribution in [0.2, 0.25) is 0 Å². The number of sulfone groups is 1. The Morgan fingerprint density at radius 2 is 1.97 bits per heavy atom. The van der Waals surface area contributed by atoms with Gasteiger partial charge in [-0.25, -0.2) is 32.2 Å². The number of hydrogen-bond donors (Lipinski definition) is 3. The Bertz CT molecular complexity index is 1240. The minimum Gasteiger partial charge on any atom is -0.480 e. The number of nitrogens with zero attached hydrogens (tertiary/aromatic N) is 3. The lowest BCUT2D eigenvalue weighted by atomic mass is 9.88. The van der Waals surface area contributed by atoms with E-state index in [1.54, 1.807) is 20.8 Å². The van der Waals surface area contributed by atoms with E-state index in [9.17, 15) is 22.0 Å². The molecule has 31 heavy (non-hydrogen) atoms. The number of aliphatic carboxylic acids is 1. The second-order valence-corrected chi connectivity index (χ2v) is 10.3. The number of carboxylic acids is 1. The Morgan fingerprint density at radius 1 is 1.26 bits per heavy atom. The van der Waals surface area contributed by atoms with E-state index in [-0.39, 0.29) is 11.6 Å². The van der Waals surface area contributed by atoms with Crippen molar-refractivity contribution in [3.63, 3.8) is 0 Å². The SMILES string of the molecule is CC(C)(C)[C@@H](CS(=O)(=O)CC(=O)O)Nc1nc(-c2c[nH]c3ncc(F)cc23)ncc1F. The van der Waals surface area contributed by atoms with Crippen LogP contribution < -0.4 is 5.32 Å². The first kappa shape index (κ1) is 22.5. The van der Waals surface area contributed by atoms with Gasteiger partial charge in [0.2, 0.25) is 0 Å². The van der Waals surface area contributed by atoms with Crippen LogP contribution in [0.25, 0.3) is 22.4 Å². The van der Waals surface area contributed by atoms with Crippen LogP contribution in [0.4, 0.5) is 14.6 Å². The average molecular weight is 453 g/mol. The molecule has 0 unspecified atom stereocenters. The summed E-state index contributed by atoms with van der Waals surface area (Å²) in [6, 6.07) is 0.390. The number of hydrogen-bond acceptors (Lipinski definition) is 7. The molecule has 0 radical (unpaired) electrons. The summed E-state index contributed by atoms with van der Waals surface area (Å²) in [4.78, 5) is 25.7. The predicted molar refractivity (Wildman–Crippen MR) is 110 cm³/mol. The van der Waals surface area contributed by atoms with Gasteiger partial charge in [-0.15, -0.1) is 0 Å². The van der Waals surface area contributed by atoms with Gasteiger partial charge < -0.3 is 15.4 Å². The number of nitrogens with one attached hydrogen (secondary N) is 2. The van der Waals surface area contributed by atoms with Crippen molar-refractivity contribution in [3.8, 4) is 11.4 Å². The monoisotopic (exact) mass is 453 g/mol. The van der Waals surface area contributed by atoms with Gasteiger partial charge in [-0.2, -0.15) is 0 Å². The number of aromatic amines is 1. The maximum absolute atomic E-state index is 14.5. The smallest absolute Gasteiger partial charge is 0.318 e. The molecule has 0 saturated carbocycles. The van der Waals surface area contributed by atoms with Crippen molar-refractivity contribution in [2.45, 2.75) is 26.8 Å². The molecule has 0 spiro atoms. The van der Waals surface area contributed by atoms with Gasteiger partial charge in [0.05, 0.1) is 18.1 Å². The first-order chi connectivity index (χ1) is 14.4. The summed E-state index contributed by atoms with van der Waals surface area (Å²) in [7, 11) is -3.97. The first-order valence-corrected chi connectivity index (χ1v) is 11.0. The highest BCUT2D eigenvalue weighted by Gasteiger charge is 2.32. The Balaban J connectivity index is 1.98. The van der Waals surface area contributed by atoms with Crippen molar-refractivity contribution >= 4 is 32.7 Å². The zero-order valence-electron chi connectivity index (χ0n) is 17.0. The standard InChI is InChI=1S/C19H21F2N5O4S/c1-19(2,3)14(8-31(29,30)9-15(27)28)25-18-13(21)7-24-17(26-18)12-6-23-16-11(12)4-10(20)5-22-16/h4-7,14H,8-9H2,1-3H3,(H,22,23)(H,27,28)(H,24,25,26)/t14-/m1/s1. The zero-order chi connectivity index (χ0) is 23.0. The molecule has 0 amide bonds. The summed E-state index contributed by atoms with van der Waals surface area (Å²) in [5, 5.41) is 12.0. The van der Waals surface area contributed by atoms with E-state index in [4.69, 9.17) is 5.11 Å². The van der Waals surface area contributed by atoms with Crippen LogP contribution in [0.1, 0.15) is 20.8 Å². The van der Waals surface area contributed by atoms with E-state index in [1.165, 1.54) is 12.3 Å². The highest BCUT2D eigenvalue weighted by molar-refractivity contribution is 7.92. The Labute approximate surface area is 176 Å². The van der Waals surface area contributed by atoms with Crippen LogP contribution in [0.5, 0.6) is 0 Å². The van der Waals surface area contributed by atoms with E-state index < -0.39 is 50.4 Å². The highest BCUT2D eigenvalue weighted by Crippen LogP contribution is 2.29. The number of H-pyrrole nitrogens is 1. The molecule has 0 aliphatic carbocycles. The van der Waals surface area contributed by atoms with Crippen LogP contribution in [-0.2, 0) is 14.6 Å². The lowest BCUT2D eigenvalue weighted by Crippen LogP contribution is -2.41. The van der Waals surface area contributed by atoms with Crippen molar-refractivity contribution in [3.05, 3.63) is 36.3 Å². The highest BCUT2D eigenvalue weighted by atomic mass is 32.2. The molecular formula is C19H21F2N5O4S. The van der Waals surface area contributed by atoms with Gasteiger partial charge in [0.1, 0.15) is 17.2 Å². The van der Waals surface area contributed by atoms with Crippen LogP contribution in [0.3, 0.4) is 0 Å². The van der Waals surface area contributed by atoms with Gasteiger partial charge in [0.15, 0.2) is 27.3 Å². The fraction of sp³-hybridized carbons (Fsp3) is 0.368. The number of pyridine rings is 1. The van der Waals surface area contributed by atoms with Crippen molar-refractivity contribution < 1.29 is 27.1 Å². The zero-order valence-corrected chi connectivity index (χ0v) is 17.8. The molecule has 0 aromatic carbocycles. The van der Waals surface area contributed by atoms with E-state index in [2.05, 4.69) is 25.3 Å². The minimum absolute atomic E-state index is 0.0728. The summed E-state index contributed by atoms with van der Waals surface area (Å²) in [6.45, 7) is 5.19. The fourth-order valence-electron chi connectivity index (χ4n) is 2.94. The molecule has 3 heterocycles. The van der Waals surface area contributed by atoms with Gasteiger partial charge in [-0.1, -0.05) is 20.8 Å². The summed E-state index contributed by atoms with van der Waals surface area (Å²) in [6.07, 6.45) is 3.47. The summed E-state index contributed by atoms with van der Waals surface area (Å²) in [5.41, 5.74) is 0.0961. The molecule has 0 fully saturated rings. The van der Waals surface area contributed by atoms with E-state index in [1.807, 2.05) is 0 Å². The summed E-state index contributed by atoms with van der Waals surface area (Å²) < 4.78 is 52.5. The topological polar surface area (TPSA) is 138 Å². The molecule has 1 atom stereocenters. The van der Waals surface area contributed by atoms with E-state index in [0.29, 0.717) is 16.6 Å². The number of carbonyl (C=O) groups is 1. The minimum atomic E-state index is -3.97. The molecule has 166 valence electrons. The third kappa shape index (κ3) is 5.32. The van der Waals surface area contributed by atoms with Crippen molar-refractivity contribution in [1.29, 1.82) is 0 Å². The number of halogens is 2. The molecule has 12 heteroatoms. The predicted octanol–water partition coefficient (Wildman–Crippen LogP) is 2.62. The van der Waals surface area contributed by atoms with Gasteiger partial charge in [0, 0.05) is 23.2 Å². The Kier molecular flexibility index (Phi) is 5.94. The number of fused-ring (bicyclic) bond motifs is 1. The average Bonchev–Trinajstić information content (AvgIpc) is 3.03. The normalized spacial score (nSPS) is 13.3. The maximum Gasteiger partial charge on any atom is 0.318 e. The van der Waals surface area contributed by atoms with Crippen molar-refractivity contribution in [2.75, 3.05) is 16.8 Å². The van der Waals surface area contributed by atoms with Crippen LogP contribution in [0.15, 0.2) is 24.7 Å². The molecule has 9 nitrogen and oxygen atoms in total. The number of rotatable bonds is 7. The van der Waals surface area contributed by atoms with Gasteiger partial charge in [0.25, 0.3) is 0 Å². The molecule has 3 rings (SSSR count). The van der Waals surface area contributed by atoms with E-state index in [0.717, 1.165) is 12.4 Å². The Morgan fingerprint density at radius 3 is 2.61 bits per heavy atom. The van der Waals surface area contributed by atoms with Gasteiger partial charge in [-0.05, 0) is 11.5 Å². The molecule has 3 N–H and O–H groups in total. The van der Waals surface area contributed by atoms with Crippen LogP contribution in [-0.4, -0.2) is 57.0 Å². The number of anilines is 1. The largest absolute Gasteiger partial charge is 0.480 e. The molecule has 0 saturated heterocycles. The summed E-state index contributed by atoms with van der Waals surface area (Å²) >= 11 is 0. The maximum atomic E-state index is 14.5. The lowest BCUT2D eigenvalue weighted by Gasteiger charge is -2.31. The lowest BCUT2D eigenvalue weighted by molar-refractivity contribution is -0.134. The molecule has 3 aromatic heterocycles. The fourth-order valence-corrected chi connectivity index (χ4v) is 4.52. The third-order valence-corrected chi connectivity index (χ3v) is 6.13. The van der Waals surface area contributed by atoms with Gasteiger partial charge in [-0.3, -0.25) is 4.79 Å². The number of carboxylic acid groups (broad SMARTS) is 1. The number of aromatic nitrogens is 4. The third-order valence-electron chi connectivity index (χ3n) is 4.60. The molecule has 0 bridgehead atoms.